The predicted molar refractivity (Wildman–Crippen MR) is 29.9 cm³/mol. The molecule has 42 valence electrons. The average Bonchev–Trinajstić information content (AvgIpc) is 1.68. The number of nitrogens with two attached hydrogens (primary N) is 2. The highest BCUT2D eigenvalue weighted by Crippen LogP contribution is 1.83. The Balaban J connectivity index is 3.29. The van der Waals surface area contributed by atoms with E-state index in [4.69, 9.17) is 11.6 Å². The van der Waals surface area contributed by atoms with Crippen molar-refractivity contribution in [2.45, 2.75) is 13.3 Å². The van der Waals surface area contributed by atoms with E-state index < -0.39 is 0 Å². The van der Waals surface area contributed by atoms with E-state index in [2.05, 4.69) is 5.43 Å². The van der Waals surface area contributed by atoms with Crippen molar-refractivity contribution in [1.29, 1.82) is 0 Å². The molecule has 0 bridgehead atoms. The number of hydrogen-bond acceptors (Lipinski definition) is 3. The summed E-state index contributed by atoms with van der Waals surface area (Å²) < 4.78 is 0. The van der Waals surface area contributed by atoms with E-state index >= 15 is 0 Å². The molecule has 0 aromatic carbocycles. The number of hydrogen-bond donors (Lipinski definition) is 3. The highest BCUT2D eigenvalue weighted by atomic mass is 15.2. The third-order valence-corrected chi connectivity index (χ3v) is 0.677. The lowest BCUT2D eigenvalue weighted by molar-refractivity contribution is 0.920. The van der Waals surface area contributed by atoms with Crippen LogP contribution in [0.3, 0.4) is 0 Å². The number of rotatable bonds is 2. The zero-order valence-corrected chi connectivity index (χ0v) is 4.44. The van der Waals surface area contributed by atoms with Gasteiger partial charge < -0.3 is 11.2 Å². The molecule has 0 saturated heterocycles. The van der Waals surface area contributed by atoms with Gasteiger partial charge in [-0.25, -0.2) is 0 Å². The predicted octanol–water partition coefficient (Wildman–Crippen LogP) is -0.340. The minimum atomic E-state index is 0.766. The summed E-state index contributed by atoms with van der Waals surface area (Å²) in [6.45, 7) is 1.96. The summed E-state index contributed by atoms with van der Waals surface area (Å²) in [6.07, 6.45) is 2.41. The van der Waals surface area contributed by atoms with Crippen molar-refractivity contribution in [3.63, 3.8) is 0 Å². The number of hydrazine groups is 1. The Kier molecular flexibility index (Phi) is 3.14. The Hall–Kier alpha value is -0.700. The molecule has 0 aliphatic rings. The van der Waals surface area contributed by atoms with Gasteiger partial charge in [0.05, 0.1) is 0 Å². The molecule has 0 rings (SSSR count). The Morgan fingerprint density at radius 3 is 2.57 bits per heavy atom. The van der Waals surface area contributed by atoms with Crippen LogP contribution in [0.1, 0.15) is 13.3 Å². The van der Waals surface area contributed by atoms with Crippen LogP contribution in [-0.2, 0) is 0 Å². The summed E-state index contributed by atoms with van der Waals surface area (Å²) in [5, 5.41) is 0. The van der Waals surface area contributed by atoms with Crippen molar-refractivity contribution in [3.8, 4) is 0 Å². The van der Waals surface area contributed by atoms with Crippen molar-refractivity contribution < 1.29 is 0 Å². The zero-order valence-electron chi connectivity index (χ0n) is 4.44. The lowest BCUT2D eigenvalue weighted by Crippen LogP contribution is -2.16. The van der Waals surface area contributed by atoms with Gasteiger partial charge >= 0.3 is 0 Å². The molecule has 0 heterocycles. The SMILES string of the molecule is CC/C(N)=C\NN. The highest BCUT2D eigenvalue weighted by Gasteiger charge is 1.76. The van der Waals surface area contributed by atoms with E-state index in [0.717, 1.165) is 12.1 Å². The van der Waals surface area contributed by atoms with Crippen molar-refractivity contribution >= 4 is 0 Å². The average molecular weight is 101 g/mol. The first-order valence-corrected chi connectivity index (χ1v) is 2.22. The second kappa shape index (κ2) is 3.49. The Labute approximate surface area is 43.3 Å². The molecule has 3 nitrogen and oxygen atoms in total. The van der Waals surface area contributed by atoms with Gasteiger partial charge in [-0.15, -0.1) is 0 Å². The smallest absolute Gasteiger partial charge is 0.0310 e. The zero-order chi connectivity index (χ0) is 5.70. The molecule has 3 heteroatoms. The maximum Gasteiger partial charge on any atom is 0.0310 e. The molecule has 0 aliphatic carbocycles. The fourth-order valence-electron chi connectivity index (χ4n) is 0.209. The van der Waals surface area contributed by atoms with E-state index in [1.54, 1.807) is 6.20 Å². The van der Waals surface area contributed by atoms with Gasteiger partial charge in [-0.1, -0.05) is 6.92 Å². The summed E-state index contributed by atoms with van der Waals surface area (Å²) in [5.41, 5.74) is 8.40. The fourth-order valence-corrected chi connectivity index (χ4v) is 0.209. The Morgan fingerprint density at radius 1 is 1.86 bits per heavy atom. The van der Waals surface area contributed by atoms with Crippen LogP contribution in [0, 0.1) is 0 Å². The largest absolute Gasteiger partial charge is 0.401 e. The second-order valence-corrected chi connectivity index (χ2v) is 1.24. The van der Waals surface area contributed by atoms with Gasteiger partial charge in [-0.3, -0.25) is 5.84 Å². The molecule has 0 unspecified atom stereocenters. The van der Waals surface area contributed by atoms with Crippen LogP contribution in [0.2, 0.25) is 0 Å². The molecule has 5 N–H and O–H groups in total. The van der Waals surface area contributed by atoms with E-state index in [1.807, 2.05) is 6.92 Å². The van der Waals surface area contributed by atoms with Gasteiger partial charge in [-0.2, -0.15) is 0 Å². The lowest BCUT2D eigenvalue weighted by atomic mass is 10.4. The topological polar surface area (TPSA) is 64.1 Å². The summed E-state index contributed by atoms with van der Waals surface area (Å²) in [5.74, 6) is 4.90. The standard InChI is InChI=1S/C4H11N3/c1-2-4(5)3-7-6/h3,7H,2,5-6H2,1H3/b4-3+. The summed E-state index contributed by atoms with van der Waals surface area (Å²) in [4.78, 5) is 0. The van der Waals surface area contributed by atoms with E-state index in [1.165, 1.54) is 0 Å². The van der Waals surface area contributed by atoms with Gasteiger partial charge in [0.25, 0.3) is 0 Å². The third kappa shape index (κ3) is 3.12. The van der Waals surface area contributed by atoms with Crippen LogP contribution in [0.15, 0.2) is 11.9 Å². The van der Waals surface area contributed by atoms with Crippen molar-refractivity contribution in [3.05, 3.63) is 11.9 Å². The van der Waals surface area contributed by atoms with E-state index in [-0.39, 0.29) is 0 Å². The molecule has 0 aromatic heterocycles. The van der Waals surface area contributed by atoms with Crippen LogP contribution in [0.4, 0.5) is 0 Å². The van der Waals surface area contributed by atoms with Crippen LogP contribution in [-0.4, -0.2) is 0 Å². The minimum absolute atomic E-state index is 0.766. The van der Waals surface area contributed by atoms with Gasteiger partial charge in [0.2, 0.25) is 0 Å². The van der Waals surface area contributed by atoms with Crippen molar-refractivity contribution in [2.75, 3.05) is 0 Å². The lowest BCUT2D eigenvalue weighted by Gasteiger charge is -1.91. The molecule has 0 aliphatic heterocycles. The molecule has 7 heavy (non-hydrogen) atoms. The Morgan fingerprint density at radius 2 is 2.43 bits per heavy atom. The minimum Gasteiger partial charge on any atom is -0.401 e. The molecule has 0 radical (unpaired) electrons. The van der Waals surface area contributed by atoms with Gasteiger partial charge in [0, 0.05) is 11.9 Å². The molecule has 0 fully saturated rings. The number of allylic oxidation sites excluding steroid dienone is 1. The van der Waals surface area contributed by atoms with Crippen LogP contribution in [0.5, 0.6) is 0 Å². The number of nitrogens with one attached hydrogen (secondary N) is 1. The van der Waals surface area contributed by atoms with Gasteiger partial charge in [-0.05, 0) is 6.42 Å². The molecule has 0 atom stereocenters. The van der Waals surface area contributed by atoms with Crippen LogP contribution >= 0.6 is 0 Å². The summed E-state index contributed by atoms with van der Waals surface area (Å²) in [6, 6.07) is 0. The molecule has 0 saturated carbocycles. The molecule has 0 spiro atoms. The third-order valence-electron chi connectivity index (χ3n) is 0.677. The molecular formula is C4H11N3. The molecular weight excluding hydrogens is 90.1 g/mol. The molecule has 0 aromatic rings. The van der Waals surface area contributed by atoms with Crippen molar-refractivity contribution in [2.24, 2.45) is 11.6 Å². The fraction of sp³-hybridized carbons (Fsp3) is 0.500. The second-order valence-electron chi connectivity index (χ2n) is 1.24. The van der Waals surface area contributed by atoms with Crippen LogP contribution in [0.25, 0.3) is 0 Å². The summed E-state index contributed by atoms with van der Waals surface area (Å²) >= 11 is 0. The van der Waals surface area contributed by atoms with Gasteiger partial charge in [0.15, 0.2) is 0 Å². The first-order valence-electron chi connectivity index (χ1n) is 2.22. The first kappa shape index (κ1) is 6.30. The first-order chi connectivity index (χ1) is 3.31. The van der Waals surface area contributed by atoms with Crippen molar-refractivity contribution in [1.82, 2.24) is 5.43 Å². The van der Waals surface area contributed by atoms with E-state index in [0.29, 0.717) is 0 Å². The monoisotopic (exact) mass is 101 g/mol. The van der Waals surface area contributed by atoms with Crippen LogP contribution < -0.4 is 17.0 Å². The normalized spacial score (nSPS) is 11.4. The Bertz CT molecular complexity index is 67.3. The molecule has 0 amide bonds. The highest BCUT2D eigenvalue weighted by molar-refractivity contribution is 4.91. The summed E-state index contributed by atoms with van der Waals surface area (Å²) in [7, 11) is 0. The maximum atomic E-state index is 5.30. The maximum absolute atomic E-state index is 5.30. The van der Waals surface area contributed by atoms with Gasteiger partial charge in [0.1, 0.15) is 0 Å². The quantitative estimate of drug-likeness (QED) is 0.329. The van der Waals surface area contributed by atoms with E-state index in [9.17, 15) is 0 Å².